The Morgan fingerprint density at radius 2 is 1.52 bits per heavy atom. The number of hydrogen-bond donors (Lipinski definition) is 2. The maximum absolute atomic E-state index is 9.78. The highest BCUT2D eigenvalue weighted by Gasteiger charge is 2.32. The fraction of sp³-hybridized carbons (Fsp3) is 0.294. The first-order valence-corrected chi connectivity index (χ1v) is 7.24. The van der Waals surface area contributed by atoms with Gasteiger partial charge < -0.3 is 14.9 Å². The Morgan fingerprint density at radius 1 is 0.905 bits per heavy atom. The van der Waals surface area contributed by atoms with Crippen LogP contribution in [-0.2, 0) is 5.41 Å². The van der Waals surface area contributed by atoms with Crippen molar-refractivity contribution < 1.29 is 14.9 Å². The van der Waals surface area contributed by atoms with Gasteiger partial charge in [0.25, 0.3) is 0 Å². The smallest absolute Gasteiger partial charge is 0.119 e. The van der Waals surface area contributed by atoms with E-state index in [9.17, 15) is 10.2 Å². The number of aliphatic hydroxyl groups excluding tert-OH is 2. The Kier molecular flexibility index (Phi) is 5.62. The van der Waals surface area contributed by atoms with Gasteiger partial charge in [-0.25, -0.2) is 0 Å². The van der Waals surface area contributed by atoms with Crippen LogP contribution in [0, 0.1) is 0 Å². The van der Waals surface area contributed by atoms with Crippen LogP contribution in [0.3, 0.4) is 0 Å². The summed E-state index contributed by atoms with van der Waals surface area (Å²) in [6, 6.07) is 16.7. The largest absolute Gasteiger partial charge is 0.494 e. The highest BCUT2D eigenvalue weighted by molar-refractivity contribution is 6.31. The summed E-state index contributed by atoms with van der Waals surface area (Å²) in [4.78, 5) is 0. The molecular weight excluding hydrogens is 288 g/mol. The van der Waals surface area contributed by atoms with Crippen molar-refractivity contribution in [3.8, 4) is 5.75 Å². The Hall–Kier alpha value is -1.55. The lowest BCUT2D eigenvalue weighted by atomic mass is 9.79. The minimum Gasteiger partial charge on any atom is -0.494 e. The van der Waals surface area contributed by atoms with E-state index >= 15 is 0 Å². The Balaban J connectivity index is 2.10. The molecule has 0 saturated carbocycles. The third kappa shape index (κ3) is 3.76. The molecular formula is C17H19ClO3. The van der Waals surface area contributed by atoms with Crippen LogP contribution in [0.4, 0.5) is 0 Å². The van der Waals surface area contributed by atoms with Gasteiger partial charge in [0.1, 0.15) is 5.75 Å². The van der Waals surface area contributed by atoms with Crippen molar-refractivity contribution in [2.75, 3.05) is 19.8 Å². The van der Waals surface area contributed by atoms with Crippen molar-refractivity contribution in [2.45, 2.75) is 11.8 Å². The highest BCUT2D eigenvalue weighted by Crippen LogP contribution is 2.33. The zero-order chi connectivity index (χ0) is 15.1. The quantitative estimate of drug-likeness (QED) is 0.826. The molecule has 3 nitrogen and oxygen atoms in total. The molecule has 4 heteroatoms. The van der Waals surface area contributed by atoms with E-state index in [0.717, 1.165) is 11.3 Å². The summed E-state index contributed by atoms with van der Waals surface area (Å²) in [7, 11) is 0. The molecule has 0 unspecified atom stereocenters. The number of halogens is 1. The Morgan fingerprint density at radius 3 is 2.14 bits per heavy atom. The van der Waals surface area contributed by atoms with Gasteiger partial charge in [-0.05, 0) is 30.2 Å². The minimum atomic E-state index is -0.798. The summed E-state index contributed by atoms with van der Waals surface area (Å²) < 4.78 is 5.66. The van der Waals surface area contributed by atoms with Crippen molar-refractivity contribution in [3.05, 3.63) is 65.2 Å². The first kappa shape index (κ1) is 15.8. The molecule has 0 aliphatic rings. The molecule has 0 aromatic heterocycles. The first-order valence-electron chi connectivity index (χ1n) is 6.86. The molecule has 2 rings (SSSR count). The molecule has 0 aliphatic carbocycles. The zero-order valence-corrected chi connectivity index (χ0v) is 12.5. The van der Waals surface area contributed by atoms with Crippen LogP contribution in [-0.4, -0.2) is 30.0 Å². The second kappa shape index (κ2) is 7.46. The van der Waals surface area contributed by atoms with Gasteiger partial charge in [0, 0.05) is 10.4 Å². The maximum Gasteiger partial charge on any atom is 0.119 e. The predicted molar refractivity (Wildman–Crippen MR) is 83.9 cm³/mol. The topological polar surface area (TPSA) is 49.7 Å². The van der Waals surface area contributed by atoms with E-state index in [2.05, 4.69) is 0 Å². The third-order valence-corrected chi connectivity index (χ3v) is 3.97. The number of rotatable bonds is 7. The van der Waals surface area contributed by atoms with Crippen LogP contribution in [0.1, 0.15) is 12.0 Å². The minimum absolute atomic E-state index is 0.189. The zero-order valence-electron chi connectivity index (χ0n) is 11.7. The number of para-hydroxylation sites is 1. The number of benzene rings is 2. The summed E-state index contributed by atoms with van der Waals surface area (Å²) in [6.07, 6.45) is 0.471. The van der Waals surface area contributed by atoms with E-state index in [1.165, 1.54) is 0 Å². The molecule has 2 N–H and O–H groups in total. The second-order valence-electron chi connectivity index (χ2n) is 4.99. The highest BCUT2D eigenvalue weighted by atomic mass is 35.5. The summed E-state index contributed by atoms with van der Waals surface area (Å²) in [5, 5.41) is 20.1. The van der Waals surface area contributed by atoms with Crippen molar-refractivity contribution in [1.29, 1.82) is 0 Å². The fourth-order valence-corrected chi connectivity index (χ4v) is 2.62. The third-order valence-electron chi connectivity index (χ3n) is 3.64. The molecule has 0 atom stereocenters. The fourth-order valence-electron chi connectivity index (χ4n) is 2.29. The molecule has 0 fully saturated rings. The molecule has 0 saturated heterocycles. The molecule has 21 heavy (non-hydrogen) atoms. The van der Waals surface area contributed by atoms with Gasteiger partial charge in [-0.15, -0.1) is 0 Å². The number of ether oxygens (including phenoxy) is 1. The summed E-state index contributed by atoms with van der Waals surface area (Å²) in [6.45, 7) is 0.00707. The van der Waals surface area contributed by atoms with Crippen LogP contribution < -0.4 is 4.74 Å². The maximum atomic E-state index is 9.78. The molecule has 0 radical (unpaired) electrons. The van der Waals surface area contributed by atoms with E-state index in [4.69, 9.17) is 16.3 Å². The van der Waals surface area contributed by atoms with Crippen molar-refractivity contribution in [3.63, 3.8) is 0 Å². The lowest BCUT2D eigenvalue weighted by Gasteiger charge is -2.31. The predicted octanol–water partition coefficient (Wildman–Crippen LogP) is 3.03. The lowest BCUT2D eigenvalue weighted by molar-refractivity contribution is 0.0952. The Labute approximate surface area is 129 Å². The van der Waals surface area contributed by atoms with Gasteiger partial charge in [0.2, 0.25) is 0 Å². The van der Waals surface area contributed by atoms with Crippen molar-refractivity contribution in [2.24, 2.45) is 0 Å². The number of hydrogen-bond acceptors (Lipinski definition) is 3. The molecule has 0 amide bonds. The van der Waals surface area contributed by atoms with Crippen LogP contribution in [0.2, 0.25) is 5.02 Å². The van der Waals surface area contributed by atoms with Crippen LogP contribution >= 0.6 is 11.6 Å². The van der Waals surface area contributed by atoms with E-state index in [1.54, 1.807) is 6.07 Å². The summed E-state index contributed by atoms with van der Waals surface area (Å²) >= 11 is 6.20. The van der Waals surface area contributed by atoms with Crippen LogP contribution in [0.5, 0.6) is 5.75 Å². The second-order valence-corrected chi connectivity index (χ2v) is 5.40. The van der Waals surface area contributed by atoms with Gasteiger partial charge >= 0.3 is 0 Å². The molecule has 0 bridgehead atoms. The Bertz CT molecular complexity index is 553. The molecule has 0 spiro atoms. The molecule has 0 aliphatic heterocycles. The average Bonchev–Trinajstić information content (AvgIpc) is 2.54. The van der Waals surface area contributed by atoms with Crippen LogP contribution in [0.25, 0.3) is 0 Å². The number of aliphatic hydroxyl groups is 2. The summed E-state index contributed by atoms with van der Waals surface area (Å²) in [5.74, 6) is 0.765. The van der Waals surface area contributed by atoms with Crippen LogP contribution in [0.15, 0.2) is 54.6 Å². The van der Waals surface area contributed by atoms with E-state index in [1.807, 2.05) is 48.5 Å². The molecule has 2 aromatic carbocycles. The van der Waals surface area contributed by atoms with Gasteiger partial charge in [-0.1, -0.05) is 48.0 Å². The summed E-state index contributed by atoms with van der Waals surface area (Å²) in [5.41, 5.74) is -0.0547. The average molecular weight is 307 g/mol. The standard InChI is InChI=1S/C17H19ClO3/c18-16-9-5-4-8-15(16)17(12-19,13-20)10-11-21-14-6-2-1-3-7-14/h1-9,19-20H,10-13H2. The molecule has 0 heterocycles. The normalized spacial score (nSPS) is 11.4. The van der Waals surface area contributed by atoms with E-state index in [-0.39, 0.29) is 13.2 Å². The van der Waals surface area contributed by atoms with Crippen molar-refractivity contribution >= 4 is 11.6 Å². The lowest BCUT2D eigenvalue weighted by Crippen LogP contribution is -2.37. The van der Waals surface area contributed by atoms with E-state index in [0.29, 0.717) is 18.1 Å². The van der Waals surface area contributed by atoms with Gasteiger partial charge in [0.05, 0.1) is 19.8 Å². The van der Waals surface area contributed by atoms with Crippen molar-refractivity contribution in [1.82, 2.24) is 0 Å². The molecule has 112 valence electrons. The van der Waals surface area contributed by atoms with Gasteiger partial charge in [0.15, 0.2) is 0 Å². The van der Waals surface area contributed by atoms with Gasteiger partial charge in [-0.3, -0.25) is 0 Å². The SMILES string of the molecule is OCC(CO)(CCOc1ccccc1)c1ccccc1Cl. The van der Waals surface area contributed by atoms with Gasteiger partial charge in [-0.2, -0.15) is 0 Å². The first-order chi connectivity index (χ1) is 10.2. The van der Waals surface area contributed by atoms with E-state index < -0.39 is 5.41 Å². The molecule has 2 aromatic rings. The monoisotopic (exact) mass is 306 g/mol.